The summed E-state index contributed by atoms with van der Waals surface area (Å²) in [6.07, 6.45) is 2.10. The number of hydrogen-bond donors (Lipinski definition) is 1. The molecule has 3 heteroatoms. The highest BCUT2D eigenvalue weighted by Gasteiger charge is 2.29. The maximum Gasteiger partial charge on any atom is 0.175 e. The highest BCUT2D eigenvalue weighted by molar-refractivity contribution is 6.27. The van der Waals surface area contributed by atoms with Crippen LogP contribution >= 0.6 is 0 Å². The molecule has 1 aliphatic rings. The van der Waals surface area contributed by atoms with Gasteiger partial charge in [0.15, 0.2) is 5.78 Å². The van der Waals surface area contributed by atoms with Crippen LogP contribution in [-0.2, 0) is 11.3 Å². The Bertz CT molecular complexity index is 387. The fourth-order valence-corrected chi connectivity index (χ4v) is 1.59. The molecule has 1 N–H and O–H groups in total. The first kappa shape index (κ1) is 8.10. The molecule has 0 saturated heterocycles. The molecule has 1 aromatic rings. The van der Waals surface area contributed by atoms with Crippen molar-refractivity contribution in [3.63, 3.8) is 0 Å². The van der Waals surface area contributed by atoms with Crippen LogP contribution in [0.1, 0.15) is 19.0 Å². The highest BCUT2D eigenvalue weighted by atomic mass is 16.3. The maximum atomic E-state index is 11.2. The number of carbonyl (C=O) groups is 1. The number of aliphatic hydroxyl groups excluding tert-OH is 1. The first-order valence-corrected chi connectivity index (χ1v) is 4.35. The Hall–Kier alpha value is -1.51. The lowest BCUT2D eigenvalue weighted by Gasteiger charge is -2.18. The third kappa shape index (κ3) is 1.08. The number of nitrogens with zero attached hydrogens (tertiary/aromatic N) is 1. The highest BCUT2D eigenvalue weighted by Crippen LogP contribution is 2.31. The van der Waals surface area contributed by atoms with Gasteiger partial charge < -0.3 is 9.67 Å². The van der Waals surface area contributed by atoms with Gasteiger partial charge in [0.05, 0.1) is 17.7 Å². The fraction of sp³-hybridized carbons (Fsp3) is 0.300. The van der Waals surface area contributed by atoms with Gasteiger partial charge in [-0.1, -0.05) is 0 Å². The Labute approximate surface area is 76.3 Å². The van der Waals surface area contributed by atoms with Gasteiger partial charge in [0.25, 0.3) is 0 Å². The Balaban J connectivity index is 2.47. The van der Waals surface area contributed by atoms with Crippen LogP contribution < -0.4 is 0 Å². The number of aryl methyl sites for hydroxylation is 1. The molecule has 0 spiro atoms. The van der Waals surface area contributed by atoms with Crippen molar-refractivity contribution in [3.8, 4) is 0 Å². The first-order valence-electron chi connectivity index (χ1n) is 4.35. The summed E-state index contributed by atoms with van der Waals surface area (Å²) in [5, 5.41) is 9.32. The summed E-state index contributed by atoms with van der Waals surface area (Å²) < 4.78 is 1.95. The van der Waals surface area contributed by atoms with E-state index in [1.54, 1.807) is 0 Å². The van der Waals surface area contributed by atoms with E-state index in [-0.39, 0.29) is 18.0 Å². The number of carbonyl (C=O) groups excluding carboxylic acids is 1. The van der Waals surface area contributed by atoms with Gasteiger partial charge in [0.2, 0.25) is 0 Å². The lowest BCUT2D eigenvalue weighted by atomic mass is 9.92. The standard InChI is InChI=1S/C10H11NO2/c1-2-11-5-3-4-7(11)10-8(12)6-9(10)13/h3-5,12H,2,6H2,1H3. The van der Waals surface area contributed by atoms with E-state index in [1.165, 1.54) is 0 Å². The van der Waals surface area contributed by atoms with Gasteiger partial charge in [-0.05, 0) is 19.1 Å². The van der Waals surface area contributed by atoms with Crippen LogP contribution in [0.3, 0.4) is 0 Å². The third-order valence-corrected chi connectivity index (χ3v) is 2.32. The van der Waals surface area contributed by atoms with E-state index in [4.69, 9.17) is 0 Å². The van der Waals surface area contributed by atoms with Crippen molar-refractivity contribution in [2.75, 3.05) is 0 Å². The molecule has 0 aliphatic heterocycles. The fourth-order valence-electron chi connectivity index (χ4n) is 1.59. The predicted molar refractivity (Wildman–Crippen MR) is 49.3 cm³/mol. The molecule has 3 nitrogen and oxygen atoms in total. The van der Waals surface area contributed by atoms with Crippen molar-refractivity contribution in [2.45, 2.75) is 19.9 Å². The van der Waals surface area contributed by atoms with E-state index < -0.39 is 0 Å². The molecule has 0 saturated carbocycles. The molecule has 0 unspecified atom stereocenters. The zero-order valence-electron chi connectivity index (χ0n) is 7.45. The molecule has 0 amide bonds. The minimum Gasteiger partial charge on any atom is -0.511 e. The van der Waals surface area contributed by atoms with Gasteiger partial charge in [-0.2, -0.15) is 0 Å². The molecule has 0 radical (unpaired) electrons. The zero-order valence-corrected chi connectivity index (χ0v) is 7.45. The number of rotatable bonds is 2. The second-order valence-electron chi connectivity index (χ2n) is 3.10. The third-order valence-electron chi connectivity index (χ3n) is 2.32. The molecule has 0 fully saturated rings. The first-order chi connectivity index (χ1) is 6.24. The van der Waals surface area contributed by atoms with Crippen LogP contribution in [-0.4, -0.2) is 15.5 Å². The Kier molecular flexibility index (Phi) is 1.72. The summed E-state index contributed by atoms with van der Waals surface area (Å²) in [5.41, 5.74) is 1.32. The molecule has 68 valence electrons. The monoisotopic (exact) mass is 177 g/mol. The second kappa shape index (κ2) is 2.76. The molecule has 13 heavy (non-hydrogen) atoms. The summed E-state index contributed by atoms with van der Waals surface area (Å²) in [6.45, 7) is 2.82. The van der Waals surface area contributed by atoms with Crippen LogP contribution in [0.5, 0.6) is 0 Å². The van der Waals surface area contributed by atoms with Crippen LogP contribution in [0.15, 0.2) is 24.1 Å². The van der Waals surface area contributed by atoms with Crippen LogP contribution in [0.25, 0.3) is 5.57 Å². The number of ketones is 1. The zero-order chi connectivity index (χ0) is 9.42. The van der Waals surface area contributed by atoms with Crippen molar-refractivity contribution in [3.05, 3.63) is 29.8 Å². The summed E-state index contributed by atoms with van der Waals surface area (Å²) in [5.74, 6) is 0.254. The molecule has 0 bridgehead atoms. The normalized spacial score (nSPS) is 16.2. The van der Waals surface area contributed by atoms with E-state index >= 15 is 0 Å². The molecular weight excluding hydrogens is 166 g/mol. The van der Waals surface area contributed by atoms with E-state index in [0.717, 1.165) is 12.2 Å². The minimum absolute atomic E-state index is 0.0332. The lowest BCUT2D eigenvalue weighted by molar-refractivity contribution is -0.115. The second-order valence-corrected chi connectivity index (χ2v) is 3.10. The molecule has 1 heterocycles. The molecule has 0 atom stereocenters. The van der Waals surface area contributed by atoms with Crippen LogP contribution in [0.4, 0.5) is 0 Å². The van der Waals surface area contributed by atoms with Crippen molar-refractivity contribution >= 4 is 11.4 Å². The largest absolute Gasteiger partial charge is 0.511 e. The number of allylic oxidation sites excluding steroid dienone is 2. The van der Waals surface area contributed by atoms with E-state index in [9.17, 15) is 9.90 Å². The number of hydrogen-bond acceptors (Lipinski definition) is 2. The Morgan fingerprint density at radius 3 is 2.92 bits per heavy atom. The molecular formula is C10H11NO2. The summed E-state index contributed by atoms with van der Waals surface area (Å²) in [6, 6.07) is 3.73. The summed E-state index contributed by atoms with van der Waals surface area (Å²) >= 11 is 0. The van der Waals surface area contributed by atoms with Gasteiger partial charge >= 0.3 is 0 Å². The minimum atomic E-state index is 0.0332. The van der Waals surface area contributed by atoms with Crippen molar-refractivity contribution < 1.29 is 9.90 Å². The smallest absolute Gasteiger partial charge is 0.175 e. The summed E-state index contributed by atoms with van der Waals surface area (Å²) in [7, 11) is 0. The van der Waals surface area contributed by atoms with Crippen LogP contribution in [0, 0.1) is 0 Å². The Morgan fingerprint density at radius 1 is 1.62 bits per heavy atom. The number of aromatic nitrogens is 1. The van der Waals surface area contributed by atoms with Crippen molar-refractivity contribution in [2.24, 2.45) is 0 Å². The maximum absolute atomic E-state index is 11.2. The van der Waals surface area contributed by atoms with Gasteiger partial charge in [-0.15, -0.1) is 0 Å². The molecule has 0 aromatic carbocycles. The lowest BCUT2D eigenvalue weighted by Crippen LogP contribution is -2.18. The average molecular weight is 177 g/mol. The number of aliphatic hydroxyl groups is 1. The number of Topliss-reactive ketones (excluding diaryl/α,β-unsaturated/α-hetero) is 1. The van der Waals surface area contributed by atoms with Crippen molar-refractivity contribution in [1.29, 1.82) is 0 Å². The van der Waals surface area contributed by atoms with Gasteiger partial charge in [0.1, 0.15) is 5.76 Å². The molecule has 1 aliphatic carbocycles. The van der Waals surface area contributed by atoms with Gasteiger partial charge in [0, 0.05) is 12.7 Å². The van der Waals surface area contributed by atoms with Gasteiger partial charge in [-0.25, -0.2) is 0 Å². The van der Waals surface area contributed by atoms with E-state index in [2.05, 4.69) is 0 Å². The average Bonchev–Trinajstić information content (AvgIpc) is 2.52. The Morgan fingerprint density at radius 2 is 2.38 bits per heavy atom. The van der Waals surface area contributed by atoms with Crippen LogP contribution in [0.2, 0.25) is 0 Å². The molecule has 1 aromatic heterocycles. The molecule has 2 rings (SSSR count). The summed E-state index contributed by atoms with van der Waals surface area (Å²) in [4.78, 5) is 11.2. The van der Waals surface area contributed by atoms with Crippen molar-refractivity contribution in [1.82, 2.24) is 4.57 Å². The van der Waals surface area contributed by atoms with E-state index in [0.29, 0.717) is 5.57 Å². The van der Waals surface area contributed by atoms with E-state index in [1.807, 2.05) is 29.8 Å². The quantitative estimate of drug-likeness (QED) is 0.747. The topological polar surface area (TPSA) is 42.2 Å². The van der Waals surface area contributed by atoms with Gasteiger partial charge in [-0.3, -0.25) is 4.79 Å². The predicted octanol–water partition coefficient (Wildman–Crippen LogP) is 1.75. The SMILES string of the molecule is CCn1cccc1C1=C(O)CC1=O.